The predicted octanol–water partition coefficient (Wildman–Crippen LogP) is 2.23. The molecule has 1 N–H and O–H groups in total. The molecule has 0 saturated carbocycles. The molecule has 0 bridgehead atoms. The number of hydrogen-bond acceptors (Lipinski definition) is 4. The quantitative estimate of drug-likeness (QED) is 0.646. The summed E-state index contributed by atoms with van der Waals surface area (Å²) < 4.78 is 15.4. The zero-order valence-electron chi connectivity index (χ0n) is 11.1. The molecule has 0 spiro atoms. The van der Waals surface area contributed by atoms with E-state index in [1.165, 1.54) is 6.08 Å². The summed E-state index contributed by atoms with van der Waals surface area (Å²) in [5.41, 5.74) is 0.784. The summed E-state index contributed by atoms with van der Waals surface area (Å²) in [6, 6.07) is 3.51. The SMILES string of the molecule is COCCCNC(=O)/C=C/c1cc(Cl)c2c(c1)OCO2. The molecular formula is C14H16ClNO4. The topological polar surface area (TPSA) is 56.8 Å². The van der Waals surface area contributed by atoms with E-state index in [0.29, 0.717) is 29.7 Å². The van der Waals surface area contributed by atoms with Crippen molar-refractivity contribution < 1.29 is 19.0 Å². The summed E-state index contributed by atoms with van der Waals surface area (Å²) in [7, 11) is 1.63. The van der Waals surface area contributed by atoms with Crippen molar-refractivity contribution in [3.63, 3.8) is 0 Å². The van der Waals surface area contributed by atoms with Crippen LogP contribution in [-0.2, 0) is 9.53 Å². The smallest absolute Gasteiger partial charge is 0.244 e. The van der Waals surface area contributed by atoms with Gasteiger partial charge in [0.2, 0.25) is 12.7 Å². The van der Waals surface area contributed by atoms with Crippen LogP contribution < -0.4 is 14.8 Å². The van der Waals surface area contributed by atoms with Gasteiger partial charge in [-0.25, -0.2) is 0 Å². The van der Waals surface area contributed by atoms with Crippen LogP contribution in [-0.4, -0.2) is 33.0 Å². The lowest BCUT2D eigenvalue weighted by Crippen LogP contribution is -2.22. The normalized spacial score (nSPS) is 12.9. The molecule has 1 amide bonds. The molecule has 0 atom stereocenters. The van der Waals surface area contributed by atoms with Gasteiger partial charge in [0.15, 0.2) is 11.5 Å². The Bertz CT molecular complexity index is 516. The van der Waals surface area contributed by atoms with Gasteiger partial charge in [-0.15, -0.1) is 0 Å². The van der Waals surface area contributed by atoms with Gasteiger partial charge in [0.05, 0.1) is 5.02 Å². The molecule has 0 fully saturated rings. The van der Waals surface area contributed by atoms with E-state index in [1.54, 1.807) is 25.3 Å². The fraction of sp³-hybridized carbons (Fsp3) is 0.357. The maximum atomic E-state index is 11.6. The number of halogens is 1. The third-order valence-corrected chi connectivity index (χ3v) is 2.98. The lowest BCUT2D eigenvalue weighted by molar-refractivity contribution is -0.116. The van der Waals surface area contributed by atoms with E-state index < -0.39 is 0 Å². The number of carbonyl (C=O) groups is 1. The van der Waals surface area contributed by atoms with Gasteiger partial charge in [0.25, 0.3) is 0 Å². The first-order valence-corrected chi connectivity index (χ1v) is 6.62. The molecule has 0 saturated heterocycles. The molecule has 1 aromatic rings. The molecule has 20 heavy (non-hydrogen) atoms. The number of ether oxygens (including phenoxy) is 3. The summed E-state index contributed by atoms with van der Waals surface area (Å²) in [4.78, 5) is 11.6. The molecule has 5 nitrogen and oxygen atoms in total. The molecule has 0 aromatic heterocycles. The van der Waals surface area contributed by atoms with Crippen molar-refractivity contribution in [2.24, 2.45) is 0 Å². The zero-order chi connectivity index (χ0) is 14.4. The molecule has 2 rings (SSSR count). The Kier molecular flexibility index (Phi) is 5.26. The monoisotopic (exact) mass is 297 g/mol. The predicted molar refractivity (Wildman–Crippen MR) is 76.1 cm³/mol. The van der Waals surface area contributed by atoms with Gasteiger partial charge in [-0.1, -0.05) is 11.6 Å². The van der Waals surface area contributed by atoms with Gasteiger partial charge in [-0.05, 0) is 30.2 Å². The summed E-state index contributed by atoms with van der Waals surface area (Å²) in [5, 5.41) is 3.23. The molecule has 1 heterocycles. The molecule has 0 radical (unpaired) electrons. The van der Waals surface area contributed by atoms with E-state index in [0.717, 1.165) is 12.0 Å². The van der Waals surface area contributed by atoms with Crippen molar-refractivity contribution in [3.05, 3.63) is 28.8 Å². The van der Waals surface area contributed by atoms with Crippen LogP contribution in [0.4, 0.5) is 0 Å². The minimum absolute atomic E-state index is 0.158. The first-order chi connectivity index (χ1) is 9.70. The van der Waals surface area contributed by atoms with E-state index in [2.05, 4.69) is 5.32 Å². The second kappa shape index (κ2) is 7.17. The van der Waals surface area contributed by atoms with Gasteiger partial charge in [-0.3, -0.25) is 4.79 Å². The number of amides is 1. The fourth-order valence-electron chi connectivity index (χ4n) is 1.74. The molecule has 1 aromatic carbocycles. The van der Waals surface area contributed by atoms with Crippen LogP contribution in [0.2, 0.25) is 5.02 Å². The number of benzene rings is 1. The second-order valence-corrected chi connectivity index (χ2v) is 4.61. The van der Waals surface area contributed by atoms with Gasteiger partial charge in [0, 0.05) is 26.3 Å². The minimum atomic E-state index is -0.158. The van der Waals surface area contributed by atoms with Crippen molar-refractivity contribution in [2.45, 2.75) is 6.42 Å². The molecule has 1 aliphatic rings. The van der Waals surface area contributed by atoms with Crippen LogP contribution in [0.5, 0.6) is 11.5 Å². The average molecular weight is 298 g/mol. The largest absolute Gasteiger partial charge is 0.454 e. The van der Waals surface area contributed by atoms with E-state index in [1.807, 2.05) is 0 Å². The highest BCUT2D eigenvalue weighted by atomic mass is 35.5. The van der Waals surface area contributed by atoms with Crippen molar-refractivity contribution >= 4 is 23.6 Å². The Morgan fingerprint density at radius 1 is 1.50 bits per heavy atom. The Morgan fingerprint density at radius 3 is 3.15 bits per heavy atom. The molecular weight excluding hydrogens is 282 g/mol. The van der Waals surface area contributed by atoms with Crippen molar-refractivity contribution in [1.29, 1.82) is 0 Å². The molecule has 0 aliphatic carbocycles. The Balaban J connectivity index is 1.91. The second-order valence-electron chi connectivity index (χ2n) is 4.21. The lowest BCUT2D eigenvalue weighted by atomic mass is 10.2. The summed E-state index contributed by atoms with van der Waals surface area (Å²) in [5.74, 6) is 0.986. The van der Waals surface area contributed by atoms with E-state index in [4.69, 9.17) is 25.8 Å². The van der Waals surface area contributed by atoms with Crippen molar-refractivity contribution in [1.82, 2.24) is 5.32 Å². The van der Waals surface area contributed by atoms with Gasteiger partial charge >= 0.3 is 0 Å². The van der Waals surface area contributed by atoms with Crippen molar-refractivity contribution in [2.75, 3.05) is 27.1 Å². The highest BCUT2D eigenvalue weighted by Crippen LogP contribution is 2.39. The molecule has 0 unspecified atom stereocenters. The molecule has 1 aliphatic heterocycles. The van der Waals surface area contributed by atoms with Crippen molar-refractivity contribution in [3.8, 4) is 11.5 Å². The Morgan fingerprint density at radius 2 is 2.35 bits per heavy atom. The van der Waals surface area contributed by atoms with Crippen LogP contribution in [0, 0.1) is 0 Å². The summed E-state index contributed by atoms with van der Waals surface area (Å²) >= 11 is 6.06. The van der Waals surface area contributed by atoms with E-state index >= 15 is 0 Å². The Labute approximate surface area is 122 Å². The minimum Gasteiger partial charge on any atom is -0.454 e. The first kappa shape index (κ1) is 14.7. The molecule has 6 heteroatoms. The third-order valence-electron chi connectivity index (χ3n) is 2.70. The van der Waals surface area contributed by atoms with Crippen LogP contribution in [0.1, 0.15) is 12.0 Å². The highest BCUT2D eigenvalue weighted by Gasteiger charge is 2.17. The highest BCUT2D eigenvalue weighted by molar-refractivity contribution is 6.32. The van der Waals surface area contributed by atoms with Crippen LogP contribution >= 0.6 is 11.6 Å². The van der Waals surface area contributed by atoms with Crippen LogP contribution in [0.25, 0.3) is 6.08 Å². The van der Waals surface area contributed by atoms with Gasteiger partial charge in [-0.2, -0.15) is 0 Å². The number of fused-ring (bicyclic) bond motifs is 1. The number of rotatable bonds is 6. The number of methoxy groups -OCH3 is 1. The maximum absolute atomic E-state index is 11.6. The number of nitrogens with one attached hydrogen (secondary N) is 1. The summed E-state index contributed by atoms with van der Waals surface area (Å²) in [6.45, 7) is 1.38. The van der Waals surface area contributed by atoms with Gasteiger partial charge < -0.3 is 19.5 Å². The van der Waals surface area contributed by atoms with Gasteiger partial charge in [0.1, 0.15) is 0 Å². The zero-order valence-corrected chi connectivity index (χ0v) is 11.9. The van der Waals surface area contributed by atoms with E-state index in [-0.39, 0.29) is 12.7 Å². The number of hydrogen-bond donors (Lipinski definition) is 1. The maximum Gasteiger partial charge on any atom is 0.244 e. The Hall–Kier alpha value is -1.72. The van der Waals surface area contributed by atoms with Crippen LogP contribution in [0.15, 0.2) is 18.2 Å². The lowest BCUT2D eigenvalue weighted by Gasteiger charge is -2.02. The van der Waals surface area contributed by atoms with E-state index in [9.17, 15) is 4.79 Å². The third kappa shape index (κ3) is 3.88. The average Bonchev–Trinajstić information content (AvgIpc) is 2.90. The summed E-state index contributed by atoms with van der Waals surface area (Å²) in [6.07, 6.45) is 3.92. The number of carbonyl (C=O) groups excluding carboxylic acids is 1. The standard InChI is InChI=1S/C14H16ClNO4/c1-18-6-2-5-16-13(17)4-3-10-7-11(15)14-12(8-10)19-9-20-14/h3-4,7-8H,2,5-6,9H2,1H3,(H,16,17)/b4-3+. The molecule has 108 valence electrons. The first-order valence-electron chi connectivity index (χ1n) is 6.24. The fourth-order valence-corrected chi connectivity index (χ4v) is 2.02. The van der Waals surface area contributed by atoms with Crippen LogP contribution in [0.3, 0.4) is 0 Å².